The Morgan fingerprint density at radius 1 is 1.16 bits per heavy atom. The van der Waals surface area contributed by atoms with Crippen LogP contribution in [0.5, 0.6) is 0 Å². The molecule has 0 unspecified atom stereocenters. The van der Waals surface area contributed by atoms with Gasteiger partial charge >= 0.3 is 5.97 Å². The van der Waals surface area contributed by atoms with Gasteiger partial charge in [0.1, 0.15) is 11.1 Å². The van der Waals surface area contributed by atoms with Gasteiger partial charge in [0, 0.05) is 11.8 Å². The summed E-state index contributed by atoms with van der Waals surface area (Å²) < 4.78 is 6.65. The summed E-state index contributed by atoms with van der Waals surface area (Å²) in [5.74, 6) is -1.41. The minimum absolute atomic E-state index is 0.229. The zero-order valence-corrected chi connectivity index (χ0v) is 14.0. The van der Waals surface area contributed by atoms with E-state index >= 15 is 0 Å². The highest BCUT2D eigenvalue weighted by Crippen LogP contribution is 2.47. The van der Waals surface area contributed by atoms with E-state index in [-0.39, 0.29) is 17.1 Å². The molecule has 1 aliphatic carbocycles. The number of carbonyl (C=O) groups is 2. The lowest BCUT2D eigenvalue weighted by atomic mass is 9.82. The van der Waals surface area contributed by atoms with Gasteiger partial charge < -0.3 is 14.4 Å². The number of aliphatic hydroxyl groups excluding tert-OH is 1. The summed E-state index contributed by atoms with van der Waals surface area (Å²) in [6.45, 7) is 0. The molecule has 25 heavy (non-hydrogen) atoms. The second-order valence-electron chi connectivity index (χ2n) is 6.60. The van der Waals surface area contributed by atoms with Crippen LogP contribution in [0, 0.1) is 0 Å². The van der Waals surface area contributed by atoms with Gasteiger partial charge in [-0.2, -0.15) is 0 Å². The number of esters is 1. The fraction of sp³-hybridized carbons (Fsp3) is 0.300. The Morgan fingerprint density at radius 3 is 2.48 bits per heavy atom. The van der Waals surface area contributed by atoms with Crippen molar-refractivity contribution in [2.75, 3.05) is 7.11 Å². The smallest absolute Gasteiger partial charge is 0.345 e. The number of hydrogen-bond acceptors (Lipinski definition) is 4. The Hall–Kier alpha value is -2.82. The molecule has 5 heteroatoms. The van der Waals surface area contributed by atoms with E-state index in [1.807, 2.05) is 47.2 Å². The summed E-state index contributed by atoms with van der Waals surface area (Å²) in [5, 5.41) is 10.8. The first-order valence-corrected chi connectivity index (χ1v) is 8.44. The summed E-state index contributed by atoms with van der Waals surface area (Å²) in [6.07, 6.45) is 5.01. The molecule has 1 saturated carbocycles. The van der Waals surface area contributed by atoms with E-state index in [0.29, 0.717) is 18.5 Å². The Kier molecular flexibility index (Phi) is 3.53. The number of ketones is 1. The number of nitrogens with zero attached hydrogens (tertiary/aromatic N) is 1. The fourth-order valence-corrected chi connectivity index (χ4v) is 4.17. The average Bonchev–Trinajstić information content (AvgIpc) is 3.29. The second-order valence-corrected chi connectivity index (χ2v) is 6.60. The van der Waals surface area contributed by atoms with Crippen molar-refractivity contribution < 1.29 is 19.4 Å². The van der Waals surface area contributed by atoms with E-state index in [0.717, 1.165) is 24.0 Å². The van der Waals surface area contributed by atoms with Crippen LogP contribution in [0.1, 0.15) is 31.4 Å². The van der Waals surface area contributed by atoms with E-state index in [2.05, 4.69) is 0 Å². The number of fused-ring (bicyclic) bond motifs is 2. The van der Waals surface area contributed by atoms with Gasteiger partial charge in [0.05, 0.1) is 12.8 Å². The minimum atomic E-state index is -0.794. The quantitative estimate of drug-likeness (QED) is 0.673. The van der Waals surface area contributed by atoms with Crippen molar-refractivity contribution in [3.8, 4) is 11.1 Å². The third-order valence-corrected chi connectivity index (χ3v) is 5.36. The summed E-state index contributed by atoms with van der Waals surface area (Å²) in [4.78, 5) is 25.4. The Bertz CT molecular complexity index is 886. The number of aliphatic hydroxyl groups is 1. The summed E-state index contributed by atoms with van der Waals surface area (Å²) in [6, 6.07) is 11.5. The van der Waals surface area contributed by atoms with Gasteiger partial charge in [-0.25, -0.2) is 4.79 Å². The van der Waals surface area contributed by atoms with E-state index in [1.165, 1.54) is 7.11 Å². The van der Waals surface area contributed by atoms with Crippen LogP contribution in [0.3, 0.4) is 0 Å². The standard InChI is InChI=1S/C20H19NO4/c1-25-19(24)15-17(22)16-14(13-7-3-2-4-8-13)9-12-21(16)20(18(15)23)10-5-6-11-20/h2-4,7-9,12,22H,5-6,10-11H2,1H3. The summed E-state index contributed by atoms with van der Waals surface area (Å²) >= 11 is 0. The first-order valence-electron chi connectivity index (χ1n) is 8.44. The van der Waals surface area contributed by atoms with Crippen molar-refractivity contribution in [1.82, 2.24) is 4.57 Å². The van der Waals surface area contributed by atoms with Crippen LogP contribution in [-0.4, -0.2) is 28.5 Å². The van der Waals surface area contributed by atoms with E-state index in [9.17, 15) is 14.7 Å². The minimum Gasteiger partial charge on any atom is -0.505 e. The zero-order chi connectivity index (χ0) is 17.6. The van der Waals surface area contributed by atoms with Gasteiger partial charge in [0.15, 0.2) is 11.5 Å². The fourth-order valence-electron chi connectivity index (χ4n) is 4.17. The third kappa shape index (κ3) is 2.08. The highest BCUT2D eigenvalue weighted by atomic mass is 16.5. The topological polar surface area (TPSA) is 68.5 Å². The van der Waals surface area contributed by atoms with E-state index in [1.54, 1.807) is 0 Å². The van der Waals surface area contributed by atoms with Gasteiger partial charge in [-0.1, -0.05) is 43.2 Å². The molecular formula is C20H19NO4. The first kappa shape index (κ1) is 15.7. The molecule has 0 radical (unpaired) electrons. The van der Waals surface area contributed by atoms with Crippen LogP contribution >= 0.6 is 0 Å². The Labute approximate surface area is 145 Å². The van der Waals surface area contributed by atoms with Crippen molar-refractivity contribution in [3.63, 3.8) is 0 Å². The van der Waals surface area contributed by atoms with Gasteiger partial charge in [-0.3, -0.25) is 4.79 Å². The number of carbonyl (C=O) groups excluding carboxylic acids is 2. The highest BCUT2D eigenvalue weighted by Gasteiger charge is 2.51. The molecule has 0 bridgehead atoms. The van der Waals surface area contributed by atoms with Crippen LogP contribution in [0.2, 0.25) is 0 Å². The average molecular weight is 337 g/mol. The molecule has 1 aromatic heterocycles. The van der Waals surface area contributed by atoms with Crippen molar-refractivity contribution in [2.45, 2.75) is 31.2 Å². The van der Waals surface area contributed by atoms with Crippen LogP contribution in [0.15, 0.2) is 48.2 Å². The lowest BCUT2D eigenvalue weighted by Gasteiger charge is -2.35. The molecule has 1 aliphatic heterocycles. The van der Waals surface area contributed by atoms with Crippen LogP contribution < -0.4 is 0 Å². The van der Waals surface area contributed by atoms with Gasteiger partial charge in [-0.15, -0.1) is 0 Å². The third-order valence-electron chi connectivity index (χ3n) is 5.36. The number of benzene rings is 1. The molecule has 0 atom stereocenters. The predicted molar refractivity (Wildman–Crippen MR) is 92.9 cm³/mol. The lowest BCUT2D eigenvalue weighted by Crippen LogP contribution is -2.45. The molecule has 4 rings (SSSR count). The molecule has 0 amide bonds. The van der Waals surface area contributed by atoms with Crippen LogP contribution in [0.25, 0.3) is 16.9 Å². The number of aromatic nitrogens is 1. The van der Waals surface area contributed by atoms with E-state index in [4.69, 9.17) is 4.74 Å². The van der Waals surface area contributed by atoms with E-state index < -0.39 is 11.5 Å². The van der Waals surface area contributed by atoms with Crippen LogP contribution in [0.4, 0.5) is 0 Å². The molecule has 0 saturated heterocycles. The molecule has 2 aromatic rings. The lowest BCUT2D eigenvalue weighted by molar-refractivity contribution is -0.139. The molecule has 1 N–H and O–H groups in total. The second kappa shape index (κ2) is 5.62. The predicted octanol–water partition coefficient (Wildman–Crippen LogP) is 3.45. The van der Waals surface area contributed by atoms with Crippen molar-refractivity contribution in [2.24, 2.45) is 0 Å². The zero-order valence-electron chi connectivity index (χ0n) is 14.0. The SMILES string of the molecule is COC(=O)C1=C(O)c2c(-c3ccccc3)ccn2C2(CCCC2)C1=O. The van der Waals surface area contributed by atoms with Crippen molar-refractivity contribution in [3.05, 3.63) is 53.9 Å². The molecule has 128 valence electrons. The summed E-state index contributed by atoms with van der Waals surface area (Å²) in [7, 11) is 1.23. The number of rotatable bonds is 2. The van der Waals surface area contributed by atoms with Crippen molar-refractivity contribution in [1.29, 1.82) is 0 Å². The monoisotopic (exact) mass is 337 g/mol. The Morgan fingerprint density at radius 2 is 1.84 bits per heavy atom. The number of ether oxygens (including phenoxy) is 1. The molecule has 5 nitrogen and oxygen atoms in total. The molecule has 1 spiro atoms. The molecule has 2 aliphatic rings. The molecule has 1 aromatic carbocycles. The summed E-state index contributed by atoms with van der Waals surface area (Å²) in [5.41, 5.74) is 1.23. The number of hydrogen-bond donors (Lipinski definition) is 1. The number of Topliss-reactive ketones (excluding diaryl/α,β-unsaturated/α-hetero) is 1. The maximum Gasteiger partial charge on any atom is 0.345 e. The van der Waals surface area contributed by atoms with Gasteiger partial charge in [-0.05, 0) is 24.5 Å². The molecule has 1 fully saturated rings. The van der Waals surface area contributed by atoms with Gasteiger partial charge in [0.2, 0.25) is 0 Å². The highest BCUT2D eigenvalue weighted by molar-refractivity contribution is 6.25. The van der Waals surface area contributed by atoms with Gasteiger partial charge in [0.25, 0.3) is 0 Å². The normalized spacial score (nSPS) is 18.5. The largest absolute Gasteiger partial charge is 0.505 e. The Balaban J connectivity index is 2.01. The maximum absolute atomic E-state index is 13.1. The molecule has 2 heterocycles. The van der Waals surface area contributed by atoms with Crippen LogP contribution in [-0.2, 0) is 19.9 Å². The van der Waals surface area contributed by atoms with Crippen molar-refractivity contribution >= 4 is 17.5 Å². The first-order chi connectivity index (χ1) is 12.1. The maximum atomic E-state index is 13.1. The number of methoxy groups -OCH3 is 1. The molecular weight excluding hydrogens is 318 g/mol.